The summed E-state index contributed by atoms with van der Waals surface area (Å²) in [6.07, 6.45) is 17.9. The van der Waals surface area contributed by atoms with Crippen molar-refractivity contribution in [3.05, 3.63) is 24.1 Å². The zero-order valence-electron chi connectivity index (χ0n) is 20.6. The molecule has 4 nitrogen and oxygen atoms in total. The number of rotatable bonds is 19. The zero-order chi connectivity index (χ0) is 22.9. The molecule has 0 amide bonds. The molecular formula is C25H47N3OS2. The van der Waals surface area contributed by atoms with E-state index in [4.69, 9.17) is 9.56 Å². The highest BCUT2D eigenvalue weighted by molar-refractivity contribution is 8.02. The van der Waals surface area contributed by atoms with Gasteiger partial charge in [0, 0.05) is 11.5 Å². The molecule has 0 aliphatic carbocycles. The van der Waals surface area contributed by atoms with Crippen molar-refractivity contribution in [2.75, 3.05) is 16.8 Å². The molecule has 0 aliphatic rings. The number of nitrogens with zero attached hydrogens (tertiary/aromatic N) is 1. The van der Waals surface area contributed by atoms with Gasteiger partial charge in [0.1, 0.15) is 6.26 Å². The lowest BCUT2D eigenvalue weighted by atomic mass is 9.91. The van der Waals surface area contributed by atoms with Gasteiger partial charge in [0.15, 0.2) is 0 Å². The van der Waals surface area contributed by atoms with Crippen molar-refractivity contribution in [1.29, 1.82) is 0 Å². The summed E-state index contributed by atoms with van der Waals surface area (Å²) in [6.45, 7) is 11.8. The fourth-order valence-electron chi connectivity index (χ4n) is 3.73. The lowest BCUT2D eigenvalue weighted by molar-refractivity contribution is 0.389. The molecule has 1 aromatic rings. The van der Waals surface area contributed by atoms with E-state index in [0.29, 0.717) is 6.01 Å². The molecule has 0 saturated carbocycles. The first-order chi connectivity index (χ1) is 14.9. The van der Waals surface area contributed by atoms with Crippen LogP contribution in [-0.2, 0) is 0 Å². The van der Waals surface area contributed by atoms with Crippen LogP contribution in [0, 0.1) is 17.8 Å². The summed E-state index contributed by atoms with van der Waals surface area (Å²) in [5.74, 6) is 4.55. The van der Waals surface area contributed by atoms with Gasteiger partial charge in [0.25, 0.3) is 6.01 Å². The van der Waals surface area contributed by atoms with Crippen LogP contribution >= 0.6 is 23.7 Å². The second-order valence-corrected chi connectivity index (χ2v) is 11.5. The Morgan fingerprint density at radius 1 is 1.06 bits per heavy atom. The van der Waals surface area contributed by atoms with Crippen molar-refractivity contribution in [3.63, 3.8) is 0 Å². The zero-order valence-corrected chi connectivity index (χ0v) is 22.2. The van der Waals surface area contributed by atoms with E-state index in [0.717, 1.165) is 29.3 Å². The van der Waals surface area contributed by atoms with Crippen molar-refractivity contribution in [1.82, 2.24) is 4.98 Å². The molecule has 0 radical (unpaired) electrons. The minimum absolute atomic E-state index is 0.108. The number of aromatic nitrogens is 1. The Morgan fingerprint density at radius 3 is 2.29 bits per heavy atom. The molecule has 0 spiro atoms. The predicted octanol–water partition coefficient (Wildman–Crippen LogP) is 8.14. The largest absolute Gasteiger partial charge is 0.432 e. The van der Waals surface area contributed by atoms with Crippen molar-refractivity contribution in [2.24, 2.45) is 22.9 Å². The van der Waals surface area contributed by atoms with Crippen LogP contribution in [0.25, 0.3) is 0 Å². The lowest BCUT2D eigenvalue weighted by Crippen LogP contribution is -2.20. The van der Waals surface area contributed by atoms with Gasteiger partial charge in [-0.2, -0.15) is 11.8 Å². The molecule has 0 aliphatic heterocycles. The van der Waals surface area contributed by atoms with Crippen molar-refractivity contribution >= 4 is 29.7 Å². The second kappa shape index (κ2) is 17.9. The summed E-state index contributed by atoms with van der Waals surface area (Å²) in [4.78, 5) is 4.08. The summed E-state index contributed by atoms with van der Waals surface area (Å²) < 4.78 is 5.22. The first-order valence-electron chi connectivity index (χ1n) is 12.2. The Labute approximate surface area is 200 Å². The average Bonchev–Trinajstić information content (AvgIpc) is 3.23. The molecule has 1 rings (SSSR count). The number of thioether (sulfide) groups is 1. The van der Waals surface area contributed by atoms with E-state index in [1.54, 1.807) is 12.5 Å². The van der Waals surface area contributed by atoms with E-state index >= 15 is 0 Å². The molecule has 3 N–H and O–H groups in total. The smallest absolute Gasteiger partial charge is 0.295 e. The summed E-state index contributed by atoms with van der Waals surface area (Å²) in [7, 11) is 0. The highest BCUT2D eigenvalue weighted by Crippen LogP contribution is 2.22. The van der Waals surface area contributed by atoms with Gasteiger partial charge in [-0.1, -0.05) is 96.2 Å². The van der Waals surface area contributed by atoms with E-state index in [2.05, 4.69) is 51.0 Å². The molecule has 3 unspecified atom stereocenters. The Bertz CT molecular complexity index is 563. The number of oxazole rings is 1. The van der Waals surface area contributed by atoms with Crippen LogP contribution in [0.4, 0.5) is 6.01 Å². The van der Waals surface area contributed by atoms with Gasteiger partial charge in [-0.15, -0.1) is 0 Å². The van der Waals surface area contributed by atoms with Crippen LogP contribution in [0.2, 0.25) is 0 Å². The molecule has 3 atom stereocenters. The van der Waals surface area contributed by atoms with Crippen LogP contribution in [0.3, 0.4) is 0 Å². The SMILES string of the molecule is C/C(=C\CSCC(Nc1ncco1)SN)CCCC(C)CCCC(C)CCCC(C)C. The van der Waals surface area contributed by atoms with E-state index in [1.165, 1.54) is 75.3 Å². The van der Waals surface area contributed by atoms with Crippen LogP contribution < -0.4 is 10.5 Å². The fourth-order valence-corrected chi connectivity index (χ4v) is 5.34. The Balaban J connectivity index is 2.05. The predicted molar refractivity (Wildman–Crippen MR) is 141 cm³/mol. The third-order valence-electron chi connectivity index (χ3n) is 5.84. The first-order valence-corrected chi connectivity index (χ1v) is 14.2. The highest BCUT2D eigenvalue weighted by Gasteiger charge is 2.10. The monoisotopic (exact) mass is 469 g/mol. The van der Waals surface area contributed by atoms with Gasteiger partial charge in [0.05, 0.1) is 11.6 Å². The van der Waals surface area contributed by atoms with Crippen molar-refractivity contribution < 1.29 is 4.42 Å². The number of hydrogen-bond acceptors (Lipinski definition) is 6. The maximum Gasteiger partial charge on any atom is 0.295 e. The molecule has 6 heteroatoms. The Kier molecular flexibility index (Phi) is 16.4. The highest BCUT2D eigenvalue weighted by atomic mass is 32.2. The number of anilines is 1. The summed E-state index contributed by atoms with van der Waals surface area (Å²) in [5.41, 5.74) is 1.51. The summed E-state index contributed by atoms with van der Waals surface area (Å²) >= 11 is 3.19. The van der Waals surface area contributed by atoms with Crippen molar-refractivity contribution in [2.45, 2.75) is 97.8 Å². The molecule has 0 fully saturated rings. The molecule has 0 bridgehead atoms. The fraction of sp³-hybridized carbons (Fsp3) is 0.800. The minimum Gasteiger partial charge on any atom is -0.432 e. The number of nitrogens with one attached hydrogen (secondary N) is 1. The van der Waals surface area contributed by atoms with E-state index in [9.17, 15) is 0 Å². The van der Waals surface area contributed by atoms with Gasteiger partial charge in [-0.05, 0) is 37.5 Å². The minimum atomic E-state index is 0.108. The summed E-state index contributed by atoms with van der Waals surface area (Å²) in [6, 6.07) is 0.532. The molecule has 1 aromatic heterocycles. The molecule has 31 heavy (non-hydrogen) atoms. The normalized spacial score (nSPS) is 15.3. The molecule has 0 saturated heterocycles. The van der Waals surface area contributed by atoms with Crippen LogP contribution in [0.1, 0.15) is 92.4 Å². The topological polar surface area (TPSA) is 64.1 Å². The third kappa shape index (κ3) is 15.8. The standard InChI is InChI=1S/C25H47N3OS2/c1-20(2)9-6-10-21(3)11-7-12-22(4)13-8-14-23(5)15-18-30-19-24(31-26)28-25-27-16-17-29-25/h15-17,20-22,24H,6-14,18-19,26H2,1-5H3,(H,27,28)/b23-15+. The van der Waals surface area contributed by atoms with Crippen LogP contribution in [0.15, 0.2) is 28.5 Å². The van der Waals surface area contributed by atoms with Gasteiger partial charge in [-0.3, -0.25) is 5.14 Å². The van der Waals surface area contributed by atoms with E-state index in [-0.39, 0.29) is 5.37 Å². The average molecular weight is 470 g/mol. The second-order valence-electron chi connectivity index (χ2n) is 9.55. The van der Waals surface area contributed by atoms with Crippen molar-refractivity contribution in [3.8, 4) is 0 Å². The molecule has 180 valence electrons. The number of nitrogens with two attached hydrogens (primary N) is 1. The molecular weight excluding hydrogens is 422 g/mol. The molecule has 0 aromatic carbocycles. The van der Waals surface area contributed by atoms with Crippen LogP contribution in [-0.4, -0.2) is 21.9 Å². The maximum absolute atomic E-state index is 5.76. The Hall–Kier alpha value is -0.590. The summed E-state index contributed by atoms with van der Waals surface area (Å²) in [5, 5.41) is 9.07. The number of allylic oxidation sites excluding steroid dienone is 1. The lowest BCUT2D eigenvalue weighted by Gasteiger charge is -2.15. The Morgan fingerprint density at radius 2 is 1.71 bits per heavy atom. The quantitative estimate of drug-likeness (QED) is 0.0922. The first kappa shape index (κ1) is 28.4. The van der Waals surface area contributed by atoms with Gasteiger partial charge < -0.3 is 9.73 Å². The van der Waals surface area contributed by atoms with E-state index < -0.39 is 0 Å². The van der Waals surface area contributed by atoms with Crippen LogP contribution in [0.5, 0.6) is 0 Å². The maximum atomic E-state index is 5.76. The van der Waals surface area contributed by atoms with E-state index in [1.807, 2.05) is 11.8 Å². The molecule has 1 heterocycles. The van der Waals surface area contributed by atoms with Gasteiger partial charge >= 0.3 is 0 Å². The third-order valence-corrected chi connectivity index (χ3v) is 7.64. The van der Waals surface area contributed by atoms with Gasteiger partial charge in [0.2, 0.25) is 0 Å². The number of hydrogen-bond donors (Lipinski definition) is 2. The van der Waals surface area contributed by atoms with Gasteiger partial charge in [-0.25, -0.2) is 4.98 Å².